The van der Waals surface area contributed by atoms with Gasteiger partial charge in [0.2, 0.25) is 5.91 Å². The van der Waals surface area contributed by atoms with Crippen LogP contribution >= 0.6 is 23.2 Å². The molecule has 144 valence electrons. The molecular weight excluding hydrogens is 387 g/mol. The Kier molecular flexibility index (Phi) is 7.88. The number of carbonyl (C=O) groups excluding carboxylic acids is 2. The Balaban J connectivity index is 1.75. The largest absolute Gasteiger partial charge is 0.344 e. The Morgan fingerprint density at radius 1 is 1.19 bits per heavy atom. The van der Waals surface area contributed by atoms with E-state index in [1.54, 1.807) is 36.3 Å². The van der Waals surface area contributed by atoms with Crippen LogP contribution in [0.5, 0.6) is 0 Å². The molecule has 1 aromatic carbocycles. The van der Waals surface area contributed by atoms with Crippen molar-refractivity contribution >= 4 is 35.1 Å². The molecule has 1 heterocycles. The number of pyridine rings is 1. The highest BCUT2D eigenvalue weighted by Crippen LogP contribution is 2.25. The van der Waals surface area contributed by atoms with E-state index in [-0.39, 0.29) is 18.5 Å². The van der Waals surface area contributed by atoms with E-state index in [1.807, 2.05) is 25.1 Å². The Morgan fingerprint density at radius 2 is 1.96 bits per heavy atom. The maximum Gasteiger partial charge on any atom is 0.315 e. The number of likely N-dealkylation sites (N-methyl/N-ethyl adjacent to an activating group) is 1. The van der Waals surface area contributed by atoms with Crippen LogP contribution in [0.25, 0.3) is 0 Å². The van der Waals surface area contributed by atoms with Crippen molar-refractivity contribution in [1.82, 2.24) is 20.5 Å². The number of carbonyl (C=O) groups is 2. The molecular formula is C19H22Cl2N4O2. The van der Waals surface area contributed by atoms with Crippen molar-refractivity contribution < 1.29 is 9.59 Å². The smallest absolute Gasteiger partial charge is 0.315 e. The molecule has 27 heavy (non-hydrogen) atoms. The van der Waals surface area contributed by atoms with Crippen LogP contribution in [0.2, 0.25) is 10.0 Å². The number of hydrogen-bond acceptors (Lipinski definition) is 3. The molecule has 1 atom stereocenters. The van der Waals surface area contributed by atoms with Crippen LogP contribution in [0.15, 0.2) is 42.6 Å². The maximum absolute atomic E-state index is 12.1. The molecule has 0 aliphatic rings. The molecule has 2 rings (SSSR count). The van der Waals surface area contributed by atoms with Gasteiger partial charge in [0.25, 0.3) is 0 Å². The number of hydrogen-bond donors (Lipinski definition) is 2. The summed E-state index contributed by atoms with van der Waals surface area (Å²) in [6, 6.07) is 10.1. The molecule has 0 bridgehead atoms. The van der Waals surface area contributed by atoms with Gasteiger partial charge in [-0.2, -0.15) is 0 Å². The Labute approximate surface area is 168 Å². The average molecular weight is 409 g/mol. The predicted octanol–water partition coefficient (Wildman–Crippen LogP) is 3.45. The highest BCUT2D eigenvalue weighted by Gasteiger charge is 2.14. The fraction of sp³-hybridized carbons (Fsp3) is 0.316. The van der Waals surface area contributed by atoms with Crippen LogP contribution in [-0.2, 0) is 11.2 Å². The molecule has 2 aromatic rings. The fourth-order valence-corrected chi connectivity index (χ4v) is 2.66. The van der Waals surface area contributed by atoms with Gasteiger partial charge in [-0.15, -0.1) is 0 Å². The lowest BCUT2D eigenvalue weighted by Crippen LogP contribution is -2.43. The zero-order valence-corrected chi connectivity index (χ0v) is 16.7. The van der Waals surface area contributed by atoms with Gasteiger partial charge in [0.05, 0.1) is 22.6 Å². The van der Waals surface area contributed by atoms with Crippen molar-refractivity contribution in [3.05, 3.63) is 63.9 Å². The van der Waals surface area contributed by atoms with Crippen LogP contribution in [0.4, 0.5) is 4.79 Å². The average Bonchev–Trinajstić information content (AvgIpc) is 2.67. The minimum Gasteiger partial charge on any atom is -0.344 e. The number of halogens is 2. The third-order valence-electron chi connectivity index (χ3n) is 4.05. The lowest BCUT2D eigenvalue weighted by Gasteiger charge is -2.19. The quantitative estimate of drug-likeness (QED) is 0.736. The number of benzene rings is 1. The van der Waals surface area contributed by atoms with Gasteiger partial charge in [0.1, 0.15) is 0 Å². The molecule has 0 aliphatic carbocycles. The van der Waals surface area contributed by atoms with Crippen molar-refractivity contribution in [3.63, 3.8) is 0 Å². The number of nitrogens with zero attached hydrogens (tertiary/aromatic N) is 2. The third kappa shape index (κ3) is 6.73. The second kappa shape index (κ2) is 10.1. The normalized spacial score (nSPS) is 11.6. The summed E-state index contributed by atoms with van der Waals surface area (Å²) in [6.07, 6.45) is 2.38. The van der Waals surface area contributed by atoms with E-state index >= 15 is 0 Å². The second-order valence-electron chi connectivity index (χ2n) is 6.11. The Morgan fingerprint density at radius 3 is 2.63 bits per heavy atom. The summed E-state index contributed by atoms with van der Waals surface area (Å²) in [5.74, 6) is -0.178. The second-order valence-corrected chi connectivity index (χ2v) is 6.92. The summed E-state index contributed by atoms with van der Waals surface area (Å²) in [7, 11) is 1.70. The molecule has 1 aromatic heterocycles. The van der Waals surface area contributed by atoms with Gasteiger partial charge in [0.15, 0.2) is 0 Å². The highest BCUT2D eigenvalue weighted by molar-refractivity contribution is 6.42. The van der Waals surface area contributed by atoms with E-state index in [4.69, 9.17) is 23.2 Å². The monoisotopic (exact) mass is 408 g/mol. The fourth-order valence-electron chi connectivity index (χ4n) is 2.36. The molecule has 0 saturated heterocycles. The van der Waals surface area contributed by atoms with Gasteiger partial charge in [-0.05, 0) is 36.8 Å². The topological polar surface area (TPSA) is 74.3 Å². The van der Waals surface area contributed by atoms with Crippen molar-refractivity contribution in [2.75, 3.05) is 20.1 Å². The summed E-state index contributed by atoms with van der Waals surface area (Å²) >= 11 is 11.9. The van der Waals surface area contributed by atoms with E-state index in [0.717, 1.165) is 11.3 Å². The first-order valence-corrected chi connectivity index (χ1v) is 9.25. The van der Waals surface area contributed by atoms with E-state index in [1.165, 1.54) is 0 Å². The van der Waals surface area contributed by atoms with Gasteiger partial charge in [-0.1, -0.05) is 35.3 Å². The van der Waals surface area contributed by atoms with Crippen LogP contribution in [0.1, 0.15) is 24.2 Å². The highest BCUT2D eigenvalue weighted by atomic mass is 35.5. The number of nitrogens with one attached hydrogen (secondary N) is 2. The lowest BCUT2D eigenvalue weighted by molar-refractivity contribution is -0.128. The van der Waals surface area contributed by atoms with Crippen LogP contribution in [0, 0.1) is 0 Å². The Hall–Kier alpha value is -2.31. The first-order chi connectivity index (χ1) is 12.9. The first-order valence-electron chi connectivity index (χ1n) is 8.50. The number of rotatable bonds is 7. The van der Waals surface area contributed by atoms with Crippen LogP contribution in [-0.4, -0.2) is 42.0 Å². The molecule has 8 heteroatoms. The number of aromatic nitrogens is 1. The van der Waals surface area contributed by atoms with Gasteiger partial charge in [-0.3, -0.25) is 9.78 Å². The molecule has 0 saturated carbocycles. The van der Waals surface area contributed by atoms with Gasteiger partial charge in [-0.25, -0.2) is 4.79 Å². The van der Waals surface area contributed by atoms with E-state index in [0.29, 0.717) is 23.0 Å². The summed E-state index contributed by atoms with van der Waals surface area (Å²) in [5.41, 5.74) is 1.73. The SMILES string of the molecule is CC(NC(=O)NCC(=O)N(C)CCc1ccccn1)c1ccc(Cl)c(Cl)c1. The summed E-state index contributed by atoms with van der Waals surface area (Å²) in [4.78, 5) is 29.9. The minimum absolute atomic E-state index is 0.0847. The molecule has 0 radical (unpaired) electrons. The van der Waals surface area contributed by atoms with Crippen molar-refractivity contribution in [2.45, 2.75) is 19.4 Å². The van der Waals surface area contributed by atoms with E-state index in [2.05, 4.69) is 15.6 Å². The van der Waals surface area contributed by atoms with E-state index in [9.17, 15) is 9.59 Å². The summed E-state index contributed by atoms with van der Waals surface area (Å²) in [5, 5.41) is 6.21. The van der Waals surface area contributed by atoms with Gasteiger partial charge < -0.3 is 15.5 Å². The number of amides is 3. The molecule has 0 aliphatic heterocycles. The summed E-state index contributed by atoms with van der Waals surface area (Å²) in [6.45, 7) is 2.26. The molecule has 3 amide bonds. The first kappa shape index (κ1) is 21.0. The molecule has 6 nitrogen and oxygen atoms in total. The Bertz CT molecular complexity index is 787. The standard InChI is InChI=1S/C19H22Cl2N4O2/c1-13(14-6-7-16(20)17(21)11-14)24-19(27)23-12-18(26)25(2)10-8-15-5-3-4-9-22-15/h3-7,9,11,13H,8,10,12H2,1-2H3,(H2,23,24,27). The van der Waals surface area contributed by atoms with Crippen molar-refractivity contribution in [2.24, 2.45) is 0 Å². The van der Waals surface area contributed by atoms with Crippen LogP contribution in [0.3, 0.4) is 0 Å². The zero-order chi connectivity index (χ0) is 19.8. The maximum atomic E-state index is 12.1. The zero-order valence-electron chi connectivity index (χ0n) is 15.2. The molecule has 0 spiro atoms. The van der Waals surface area contributed by atoms with Gasteiger partial charge >= 0.3 is 6.03 Å². The molecule has 0 fully saturated rings. The number of urea groups is 1. The van der Waals surface area contributed by atoms with Crippen molar-refractivity contribution in [1.29, 1.82) is 0 Å². The van der Waals surface area contributed by atoms with Gasteiger partial charge in [0, 0.05) is 31.9 Å². The van der Waals surface area contributed by atoms with Crippen molar-refractivity contribution in [3.8, 4) is 0 Å². The summed E-state index contributed by atoms with van der Waals surface area (Å²) < 4.78 is 0. The predicted molar refractivity (Wildman–Crippen MR) is 107 cm³/mol. The van der Waals surface area contributed by atoms with E-state index < -0.39 is 6.03 Å². The molecule has 2 N–H and O–H groups in total. The van der Waals surface area contributed by atoms with Crippen LogP contribution < -0.4 is 10.6 Å². The minimum atomic E-state index is -0.431. The third-order valence-corrected chi connectivity index (χ3v) is 4.79. The lowest BCUT2D eigenvalue weighted by atomic mass is 10.1. The molecule has 1 unspecified atom stereocenters.